The van der Waals surface area contributed by atoms with Crippen LogP contribution in [0.2, 0.25) is 0 Å². The van der Waals surface area contributed by atoms with E-state index in [4.69, 9.17) is 5.73 Å². The first-order valence-corrected chi connectivity index (χ1v) is 5.30. The van der Waals surface area contributed by atoms with E-state index in [0.29, 0.717) is 0 Å². The molecule has 0 aliphatic carbocycles. The zero-order valence-corrected chi connectivity index (χ0v) is 8.84. The molecule has 84 valence electrons. The number of aromatic nitrogens is 2. The standard InChI is InChI=1S/C8H8N4O3S/c9-4-2-6(14)12-8(10-4)16-3-1-5(13)11-7(3)15/h2-3H,1H2,(H,11,13,15)(H3,9,10,12,14). The van der Waals surface area contributed by atoms with Gasteiger partial charge in [0.15, 0.2) is 5.16 Å². The fraction of sp³-hybridized carbons (Fsp3) is 0.250. The maximum Gasteiger partial charge on any atom is 0.253 e. The number of rotatable bonds is 2. The molecule has 1 saturated heterocycles. The Balaban J connectivity index is 2.18. The Morgan fingerprint density at radius 2 is 2.19 bits per heavy atom. The van der Waals surface area contributed by atoms with Gasteiger partial charge in [-0.3, -0.25) is 19.7 Å². The zero-order chi connectivity index (χ0) is 11.7. The molecule has 0 radical (unpaired) electrons. The normalized spacial score (nSPS) is 19.9. The number of carbonyl (C=O) groups excluding carboxylic acids is 2. The van der Waals surface area contributed by atoms with Crippen molar-refractivity contribution in [3.63, 3.8) is 0 Å². The first-order valence-electron chi connectivity index (χ1n) is 4.42. The lowest BCUT2D eigenvalue weighted by atomic mass is 10.4. The largest absolute Gasteiger partial charge is 0.383 e. The minimum absolute atomic E-state index is 0.0796. The molecular formula is C8H8N4O3S. The van der Waals surface area contributed by atoms with E-state index >= 15 is 0 Å². The number of imide groups is 1. The van der Waals surface area contributed by atoms with E-state index in [-0.39, 0.29) is 34.8 Å². The predicted molar refractivity (Wildman–Crippen MR) is 56.7 cm³/mol. The van der Waals surface area contributed by atoms with Crippen molar-refractivity contribution in [3.8, 4) is 0 Å². The molecule has 7 nitrogen and oxygen atoms in total. The number of aromatic amines is 1. The molecule has 8 heteroatoms. The van der Waals surface area contributed by atoms with Gasteiger partial charge < -0.3 is 10.7 Å². The van der Waals surface area contributed by atoms with Crippen LogP contribution in [0.1, 0.15) is 6.42 Å². The highest BCUT2D eigenvalue weighted by Gasteiger charge is 2.31. The van der Waals surface area contributed by atoms with Gasteiger partial charge in [0, 0.05) is 12.5 Å². The second kappa shape index (κ2) is 3.97. The van der Waals surface area contributed by atoms with Gasteiger partial charge in [0.25, 0.3) is 5.56 Å². The summed E-state index contributed by atoms with van der Waals surface area (Å²) in [4.78, 5) is 39.5. The topological polar surface area (TPSA) is 118 Å². The van der Waals surface area contributed by atoms with Gasteiger partial charge in [-0.15, -0.1) is 0 Å². The van der Waals surface area contributed by atoms with Crippen molar-refractivity contribution in [2.24, 2.45) is 0 Å². The molecule has 0 saturated carbocycles. The van der Waals surface area contributed by atoms with Crippen LogP contribution in [-0.4, -0.2) is 27.0 Å². The number of anilines is 1. The lowest BCUT2D eigenvalue weighted by molar-refractivity contribution is -0.124. The molecule has 2 heterocycles. The summed E-state index contributed by atoms with van der Waals surface area (Å²) in [7, 11) is 0. The monoisotopic (exact) mass is 240 g/mol. The number of amides is 2. The van der Waals surface area contributed by atoms with Gasteiger partial charge in [0.1, 0.15) is 11.1 Å². The Bertz CT molecular complexity index is 512. The average Bonchev–Trinajstić information content (AvgIpc) is 2.43. The molecule has 0 spiro atoms. The lowest BCUT2D eigenvalue weighted by Crippen LogP contribution is -2.23. The van der Waals surface area contributed by atoms with Crippen LogP contribution in [0.4, 0.5) is 5.82 Å². The van der Waals surface area contributed by atoms with Crippen LogP contribution < -0.4 is 16.6 Å². The number of nitrogens with zero attached hydrogens (tertiary/aromatic N) is 1. The van der Waals surface area contributed by atoms with Gasteiger partial charge in [0.2, 0.25) is 11.8 Å². The summed E-state index contributed by atoms with van der Waals surface area (Å²) in [6.45, 7) is 0. The fourth-order valence-corrected chi connectivity index (χ4v) is 2.26. The minimum atomic E-state index is -0.558. The van der Waals surface area contributed by atoms with Crippen molar-refractivity contribution in [1.82, 2.24) is 15.3 Å². The molecule has 1 aliphatic heterocycles. The van der Waals surface area contributed by atoms with Crippen LogP contribution in [0.3, 0.4) is 0 Å². The van der Waals surface area contributed by atoms with E-state index in [1.165, 1.54) is 0 Å². The van der Waals surface area contributed by atoms with Gasteiger partial charge in [0.05, 0.1) is 0 Å². The number of H-pyrrole nitrogens is 1. The highest BCUT2D eigenvalue weighted by Crippen LogP contribution is 2.24. The lowest BCUT2D eigenvalue weighted by Gasteiger charge is -2.04. The van der Waals surface area contributed by atoms with Gasteiger partial charge in [-0.25, -0.2) is 4.98 Å². The molecule has 1 unspecified atom stereocenters. The summed E-state index contributed by atoms with van der Waals surface area (Å²) in [6.07, 6.45) is 0.0853. The highest BCUT2D eigenvalue weighted by molar-refractivity contribution is 8.00. The van der Waals surface area contributed by atoms with Crippen molar-refractivity contribution in [3.05, 3.63) is 16.4 Å². The molecule has 1 aromatic heterocycles. The molecule has 1 aliphatic rings. The maximum atomic E-state index is 11.3. The number of nitrogen functional groups attached to an aromatic ring is 1. The molecule has 4 N–H and O–H groups in total. The molecule has 1 atom stereocenters. The Morgan fingerprint density at radius 3 is 2.75 bits per heavy atom. The van der Waals surface area contributed by atoms with Crippen LogP contribution in [0.25, 0.3) is 0 Å². The molecule has 16 heavy (non-hydrogen) atoms. The Morgan fingerprint density at radius 1 is 1.44 bits per heavy atom. The molecule has 0 bridgehead atoms. The first-order chi connectivity index (χ1) is 7.54. The molecule has 2 rings (SSSR count). The summed E-state index contributed by atoms with van der Waals surface area (Å²) in [5, 5.41) is 1.84. The average molecular weight is 240 g/mol. The summed E-state index contributed by atoms with van der Waals surface area (Å²) in [6, 6.07) is 1.14. The molecule has 1 fully saturated rings. The fourth-order valence-electron chi connectivity index (χ4n) is 1.27. The van der Waals surface area contributed by atoms with Gasteiger partial charge in [-0.1, -0.05) is 11.8 Å². The Kier molecular flexibility index (Phi) is 2.65. The number of hydrogen-bond donors (Lipinski definition) is 3. The quantitative estimate of drug-likeness (QED) is 0.444. The molecule has 0 aromatic carbocycles. The Hall–Kier alpha value is -1.83. The highest BCUT2D eigenvalue weighted by atomic mass is 32.2. The predicted octanol–water partition coefficient (Wildman–Crippen LogP) is -1.14. The zero-order valence-electron chi connectivity index (χ0n) is 8.02. The van der Waals surface area contributed by atoms with Gasteiger partial charge in [-0.2, -0.15) is 0 Å². The number of nitrogens with one attached hydrogen (secondary N) is 2. The van der Waals surface area contributed by atoms with E-state index in [1.807, 2.05) is 0 Å². The number of thioether (sulfide) groups is 1. The Labute approximate surface area is 93.8 Å². The molecule has 1 aromatic rings. The number of hydrogen-bond acceptors (Lipinski definition) is 6. The molecular weight excluding hydrogens is 232 g/mol. The van der Waals surface area contributed by atoms with E-state index in [1.54, 1.807) is 0 Å². The SMILES string of the molecule is Nc1cc(=O)[nH]c(SC2CC(=O)NC2=O)n1. The third-order valence-corrected chi connectivity index (χ3v) is 3.00. The third-order valence-electron chi connectivity index (χ3n) is 1.92. The van der Waals surface area contributed by atoms with Crippen molar-refractivity contribution in [2.75, 3.05) is 5.73 Å². The van der Waals surface area contributed by atoms with Crippen molar-refractivity contribution < 1.29 is 9.59 Å². The van der Waals surface area contributed by atoms with Crippen molar-refractivity contribution >= 4 is 29.4 Å². The van der Waals surface area contributed by atoms with Crippen LogP contribution >= 0.6 is 11.8 Å². The summed E-state index contributed by atoms with van der Waals surface area (Å²) >= 11 is 1.01. The van der Waals surface area contributed by atoms with Crippen LogP contribution in [0.5, 0.6) is 0 Å². The summed E-state index contributed by atoms with van der Waals surface area (Å²) < 4.78 is 0. The van der Waals surface area contributed by atoms with E-state index in [2.05, 4.69) is 15.3 Å². The molecule has 2 amide bonds. The minimum Gasteiger partial charge on any atom is -0.383 e. The van der Waals surface area contributed by atoms with Gasteiger partial charge in [-0.05, 0) is 0 Å². The summed E-state index contributed by atoms with van der Waals surface area (Å²) in [5.41, 5.74) is 4.99. The van der Waals surface area contributed by atoms with Crippen LogP contribution in [0.15, 0.2) is 16.0 Å². The van der Waals surface area contributed by atoms with Crippen molar-refractivity contribution in [2.45, 2.75) is 16.8 Å². The van der Waals surface area contributed by atoms with E-state index < -0.39 is 5.25 Å². The second-order valence-electron chi connectivity index (χ2n) is 3.20. The first kappa shape index (κ1) is 10.7. The van der Waals surface area contributed by atoms with Crippen LogP contribution in [0, 0.1) is 0 Å². The third kappa shape index (κ3) is 2.22. The van der Waals surface area contributed by atoms with Gasteiger partial charge >= 0.3 is 0 Å². The van der Waals surface area contributed by atoms with Crippen LogP contribution in [-0.2, 0) is 9.59 Å². The maximum absolute atomic E-state index is 11.3. The van der Waals surface area contributed by atoms with E-state index in [9.17, 15) is 14.4 Å². The smallest absolute Gasteiger partial charge is 0.253 e. The second-order valence-corrected chi connectivity index (χ2v) is 4.39. The van der Waals surface area contributed by atoms with Crippen molar-refractivity contribution in [1.29, 1.82) is 0 Å². The number of carbonyl (C=O) groups is 2. The number of nitrogens with two attached hydrogens (primary N) is 1. The summed E-state index contributed by atoms with van der Waals surface area (Å²) in [5.74, 6) is -0.621. The van der Waals surface area contributed by atoms with E-state index in [0.717, 1.165) is 17.8 Å².